The van der Waals surface area contributed by atoms with Gasteiger partial charge in [-0.05, 0) is 37.3 Å². The molecule has 0 aliphatic carbocycles. The van der Waals surface area contributed by atoms with Crippen LogP contribution in [0.25, 0.3) is 11.0 Å². The Kier molecular flexibility index (Phi) is 3.24. The third-order valence-corrected chi connectivity index (χ3v) is 3.53. The highest BCUT2D eigenvalue weighted by Crippen LogP contribution is 2.29. The zero-order chi connectivity index (χ0) is 14.3. The van der Waals surface area contributed by atoms with Crippen LogP contribution in [0.3, 0.4) is 0 Å². The average molecular weight is 290 g/mol. The SMILES string of the molecule is Cc1ccc(F)c(C(N)c2cc3cc(Cl)ccc3o2)c1. The second kappa shape index (κ2) is 4.93. The van der Waals surface area contributed by atoms with Gasteiger partial charge >= 0.3 is 0 Å². The first-order valence-corrected chi connectivity index (χ1v) is 6.63. The first-order chi connectivity index (χ1) is 9.54. The third kappa shape index (κ3) is 2.30. The minimum atomic E-state index is -0.638. The molecule has 0 bridgehead atoms. The van der Waals surface area contributed by atoms with E-state index in [1.165, 1.54) is 6.07 Å². The van der Waals surface area contributed by atoms with E-state index < -0.39 is 6.04 Å². The molecule has 0 spiro atoms. The van der Waals surface area contributed by atoms with Crippen LogP contribution < -0.4 is 5.73 Å². The van der Waals surface area contributed by atoms with Crippen molar-refractivity contribution in [3.05, 3.63) is 70.2 Å². The molecule has 102 valence electrons. The van der Waals surface area contributed by atoms with E-state index in [4.69, 9.17) is 21.8 Å². The molecule has 2 aromatic carbocycles. The largest absolute Gasteiger partial charge is 0.459 e. The van der Waals surface area contributed by atoms with Crippen molar-refractivity contribution < 1.29 is 8.81 Å². The van der Waals surface area contributed by atoms with Crippen LogP contribution >= 0.6 is 11.6 Å². The van der Waals surface area contributed by atoms with E-state index in [0.29, 0.717) is 21.9 Å². The molecule has 0 aliphatic rings. The summed E-state index contributed by atoms with van der Waals surface area (Å²) in [5.41, 5.74) is 8.19. The summed E-state index contributed by atoms with van der Waals surface area (Å²) in [5.74, 6) is 0.188. The van der Waals surface area contributed by atoms with Crippen LogP contribution in [0.4, 0.5) is 4.39 Å². The van der Waals surface area contributed by atoms with Crippen LogP contribution in [-0.4, -0.2) is 0 Å². The van der Waals surface area contributed by atoms with Crippen molar-refractivity contribution in [2.24, 2.45) is 5.73 Å². The molecule has 4 heteroatoms. The first-order valence-electron chi connectivity index (χ1n) is 6.25. The molecule has 0 amide bonds. The van der Waals surface area contributed by atoms with Gasteiger partial charge in [0, 0.05) is 16.0 Å². The van der Waals surface area contributed by atoms with Gasteiger partial charge in [0.05, 0.1) is 6.04 Å². The number of hydrogen-bond acceptors (Lipinski definition) is 2. The van der Waals surface area contributed by atoms with Gasteiger partial charge in [-0.1, -0.05) is 29.3 Å². The summed E-state index contributed by atoms with van der Waals surface area (Å²) in [7, 11) is 0. The van der Waals surface area contributed by atoms with Gasteiger partial charge in [0.1, 0.15) is 17.2 Å². The maximum Gasteiger partial charge on any atom is 0.134 e. The summed E-state index contributed by atoms with van der Waals surface area (Å²) < 4.78 is 19.6. The Morgan fingerprint density at radius 2 is 1.95 bits per heavy atom. The number of hydrogen-bond donors (Lipinski definition) is 1. The molecule has 0 fully saturated rings. The molecule has 3 aromatic rings. The number of halogens is 2. The normalized spacial score (nSPS) is 12.8. The Hall–Kier alpha value is -1.84. The molecule has 1 heterocycles. The van der Waals surface area contributed by atoms with Gasteiger partial charge in [-0.2, -0.15) is 0 Å². The number of rotatable bonds is 2. The highest BCUT2D eigenvalue weighted by molar-refractivity contribution is 6.31. The maximum absolute atomic E-state index is 13.9. The van der Waals surface area contributed by atoms with Crippen molar-refractivity contribution in [2.75, 3.05) is 0 Å². The molecule has 1 aromatic heterocycles. The highest BCUT2D eigenvalue weighted by Gasteiger charge is 2.18. The Morgan fingerprint density at radius 1 is 1.15 bits per heavy atom. The standard InChI is InChI=1S/C16H13ClFNO/c1-9-2-4-13(18)12(6-9)16(19)15-8-10-7-11(17)3-5-14(10)20-15/h2-8,16H,19H2,1H3. The Morgan fingerprint density at radius 3 is 2.75 bits per heavy atom. The van der Waals surface area contributed by atoms with E-state index >= 15 is 0 Å². The van der Waals surface area contributed by atoms with Crippen molar-refractivity contribution in [1.29, 1.82) is 0 Å². The quantitative estimate of drug-likeness (QED) is 0.750. The fourth-order valence-electron chi connectivity index (χ4n) is 2.24. The van der Waals surface area contributed by atoms with Gasteiger partial charge in [-0.15, -0.1) is 0 Å². The van der Waals surface area contributed by atoms with Gasteiger partial charge in [0.2, 0.25) is 0 Å². The van der Waals surface area contributed by atoms with E-state index in [-0.39, 0.29) is 5.82 Å². The van der Waals surface area contributed by atoms with Crippen LogP contribution in [0.15, 0.2) is 46.9 Å². The highest BCUT2D eigenvalue weighted by atomic mass is 35.5. The summed E-state index contributed by atoms with van der Waals surface area (Å²) >= 11 is 5.94. The van der Waals surface area contributed by atoms with Gasteiger partial charge in [0.25, 0.3) is 0 Å². The van der Waals surface area contributed by atoms with Crippen LogP contribution in [0, 0.1) is 12.7 Å². The summed E-state index contributed by atoms with van der Waals surface area (Å²) in [6.07, 6.45) is 0. The van der Waals surface area contributed by atoms with Crippen LogP contribution in [0.2, 0.25) is 5.02 Å². The average Bonchev–Trinajstić information content (AvgIpc) is 2.83. The summed E-state index contributed by atoms with van der Waals surface area (Å²) in [6.45, 7) is 1.90. The second-order valence-electron chi connectivity index (χ2n) is 4.83. The van der Waals surface area contributed by atoms with E-state index in [9.17, 15) is 4.39 Å². The lowest BCUT2D eigenvalue weighted by Crippen LogP contribution is -2.13. The fraction of sp³-hybridized carbons (Fsp3) is 0.125. The molecule has 0 radical (unpaired) electrons. The third-order valence-electron chi connectivity index (χ3n) is 3.29. The molecule has 0 aliphatic heterocycles. The second-order valence-corrected chi connectivity index (χ2v) is 5.27. The van der Waals surface area contributed by atoms with Gasteiger partial charge in [0.15, 0.2) is 0 Å². The van der Waals surface area contributed by atoms with Crippen molar-refractivity contribution in [1.82, 2.24) is 0 Å². The summed E-state index contributed by atoms with van der Waals surface area (Å²) in [5, 5.41) is 1.48. The molecule has 20 heavy (non-hydrogen) atoms. The Balaban J connectivity index is 2.07. The zero-order valence-corrected chi connectivity index (χ0v) is 11.6. The molecular weight excluding hydrogens is 277 g/mol. The lowest BCUT2D eigenvalue weighted by Gasteiger charge is -2.11. The molecule has 1 atom stereocenters. The topological polar surface area (TPSA) is 39.2 Å². The Bertz CT molecular complexity index is 781. The molecule has 0 saturated heterocycles. The molecule has 2 nitrogen and oxygen atoms in total. The van der Waals surface area contributed by atoms with Crippen LogP contribution in [-0.2, 0) is 0 Å². The number of aryl methyl sites for hydroxylation is 1. The van der Waals surface area contributed by atoms with Gasteiger partial charge in [-0.25, -0.2) is 4.39 Å². The molecule has 2 N–H and O–H groups in total. The number of fused-ring (bicyclic) bond motifs is 1. The van der Waals surface area contributed by atoms with Crippen molar-refractivity contribution in [3.8, 4) is 0 Å². The minimum absolute atomic E-state index is 0.332. The van der Waals surface area contributed by atoms with Crippen LogP contribution in [0.1, 0.15) is 22.9 Å². The minimum Gasteiger partial charge on any atom is -0.459 e. The number of nitrogens with two attached hydrogens (primary N) is 1. The maximum atomic E-state index is 13.9. The number of benzene rings is 2. The van der Waals surface area contributed by atoms with Crippen molar-refractivity contribution >= 4 is 22.6 Å². The lowest BCUT2D eigenvalue weighted by atomic mass is 10.0. The predicted octanol–water partition coefficient (Wildman–Crippen LogP) is 4.58. The summed E-state index contributed by atoms with van der Waals surface area (Å²) in [4.78, 5) is 0. The van der Waals surface area contributed by atoms with E-state index in [2.05, 4.69) is 0 Å². The monoisotopic (exact) mass is 289 g/mol. The van der Waals surface area contributed by atoms with Crippen molar-refractivity contribution in [2.45, 2.75) is 13.0 Å². The molecule has 1 unspecified atom stereocenters. The van der Waals surface area contributed by atoms with E-state index in [1.807, 2.05) is 6.92 Å². The van der Waals surface area contributed by atoms with Crippen molar-refractivity contribution in [3.63, 3.8) is 0 Å². The summed E-state index contributed by atoms with van der Waals surface area (Å²) in [6, 6.07) is 11.3. The predicted molar refractivity (Wildman–Crippen MR) is 78.4 cm³/mol. The molecule has 0 saturated carbocycles. The fourth-order valence-corrected chi connectivity index (χ4v) is 2.42. The molecular formula is C16H13ClFNO. The smallest absolute Gasteiger partial charge is 0.134 e. The first kappa shape index (κ1) is 13.2. The zero-order valence-electron chi connectivity index (χ0n) is 10.9. The van der Waals surface area contributed by atoms with Gasteiger partial charge in [-0.3, -0.25) is 0 Å². The lowest BCUT2D eigenvalue weighted by molar-refractivity contribution is 0.510. The molecule has 3 rings (SSSR count). The Labute approximate surface area is 121 Å². The number of furan rings is 1. The van der Waals surface area contributed by atoms with Gasteiger partial charge < -0.3 is 10.2 Å². The van der Waals surface area contributed by atoms with E-state index in [1.54, 1.807) is 36.4 Å². The van der Waals surface area contributed by atoms with E-state index in [0.717, 1.165) is 10.9 Å². The van der Waals surface area contributed by atoms with Crippen LogP contribution in [0.5, 0.6) is 0 Å².